The highest BCUT2D eigenvalue weighted by molar-refractivity contribution is 6.30. The summed E-state index contributed by atoms with van der Waals surface area (Å²) in [5, 5.41) is 0.657. The third kappa shape index (κ3) is 3.19. The number of nitrogens with one attached hydrogen (secondary N) is 1. The Kier molecular flexibility index (Phi) is 4.20. The third-order valence-electron chi connectivity index (χ3n) is 3.64. The maximum atomic E-state index is 13.1. The zero-order valence-electron chi connectivity index (χ0n) is 10.0. The second kappa shape index (κ2) is 5.51. The molecule has 1 saturated carbocycles. The molecule has 1 unspecified atom stereocenters. The van der Waals surface area contributed by atoms with Crippen LogP contribution >= 0.6 is 11.6 Å². The number of hydrazine groups is 1. The maximum Gasteiger partial charge on any atom is 0.248 e. The third-order valence-corrected chi connectivity index (χ3v) is 3.89. The summed E-state index contributed by atoms with van der Waals surface area (Å²) in [4.78, 5) is 0. The summed E-state index contributed by atoms with van der Waals surface area (Å²) in [6.07, 6.45) is 0.877. The van der Waals surface area contributed by atoms with Crippen molar-refractivity contribution in [1.82, 2.24) is 5.43 Å². The molecule has 1 fully saturated rings. The van der Waals surface area contributed by atoms with Crippen LogP contribution in [0.3, 0.4) is 0 Å². The molecule has 0 bridgehead atoms. The topological polar surface area (TPSA) is 38.0 Å². The molecule has 1 aliphatic rings. The van der Waals surface area contributed by atoms with E-state index in [1.165, 1.54) is 0 Å². The Labute approximate surface area is 110 Å². The van der Waals surface area contributed by atoms with Gasteiger partial charge in [-0.25, -0.2) is 8.78 Å². The first kappa shape index (κ1) is 13.7. The van der Waals surface area contributed by atoms with Gasteiger partial charge in [-0.15, -0.1) is 0 Å². The maximum absolute atomic E-state index is 13.1. The SMILES string of the molecule is NNC(c1ccc(Cl)cc1)C1CCC(F)(F)CC1. The summed E-state index contributed by atoms with van der Waals surface area (Å²) >= 11 is 5.83. The van der Waals surface area contributed by atoms with Gasteiger partial charge in [0.25, 0.3) is 0 Å². The Morgan fingerprint density at radius 2 is 1.78 bits per heavy atom. The van der Waals surface area contributed by atoms with E-state index in [4.69, 9.17) is 17.4 Å². The van der Waals surface area contributed by atoms with E-state index in [-0.39, 0.29) is 24.8 Å². The molecule has 0 spiro atoms. The molecule has 18 heavy (non-hydrogen) atoms. The molecular weight excluding hydrogens is 258 g/mol. The van der Waals surface area contributed by atoms with Crippen molar-refractivity contribution in [3.8, 4) is 0 Å². The summed E-state index contributed by atoms with van der Waals surface area (Å²) in [6, 6.07) is 7.27. The number of hydrogen-bond acceptors (Lipinski definition) is 2. The molecule has 1 aromatic rings. The van der Waals surface area contributed by atoms with Crippen molar-refractivity contribution in [1.29, 1.82) is 0 Å². The highest BCUT2D eigenvalue weighted by atomic mass is 35.5. The van der Waals surface area contributed by atoms with Gasteiger partial charge < -0.3 is 0 Å². The summed E-state index contributed by atoms with van der Waals surface area (Å²) in [6.45, 7) is 0. The quantitative estimate of drug-likeness (QED) is 0.652. The predicted octanol–water partition coefficient (Wildman–Crippen LogP) is 3.67. The van der Waals surface area contributed by atoms with Crippen molar-refractivity contribution in [2.75, 3.05) is 0 Å². The van der Waals surface area contributed by atoms with Crippen LogP contribution in [0.5, 0.6) is 0 Å². The van der Waals surface area contributed by atoms with Crippen molar-refractivity contribution in [2.45, 2.75) is 37.6 Å². The molecule has 3 N–H and O–H groups in total. The molecule has 1 aromatic carbocycles. The standard InChI is InChI=1S/C13H17ClF2N2/c14-11-3-1-9(2-4-11)12(18-17)10-5-7-13(15,16)8-6-10/h1-4,10,12,18H,5-8,17H2. The fraction of sp³-hybridized carbons (Fsp3) is 0.538. The minimum atomic E-state index is -2.50. The first-order chi connectivity index (χ1) is 8.52. The van der Waals surface area contributed by atoms with Crippen molar-refractivity contribution < 1.29 is 8.78 Å². The fourth-order valence-corrected chi connectivity index (χ4v) is 2.70. The number of benzene rings is 1. The van der Waals surface area contributed by atoms with Crippen molar-refractivity contribution >= 4 is 11.6 Å². The Balaban J connectivity index is 2.08. The molecule has 2 nitrogen and oxygen atoms in total. The van der Waals surface area contributed by atoms with Gasteiger partial charge in [-0.2, -0.15) is 0 Å². The van der Waals surface area contributed by atoms with E-state index in [0.717, 1.165) is 5.56 Å². The van der Waals surface area contributed by atoms with E-state index in [1.54, 1.807) is 12.1 Å². The van der Waals surface area contributed by atoms with Crippen LogP contribution in [0, 0.1) is 5.92 Å². The molecule has 2 rings (SSSR count). The lowest BCUT2D eigenvalue weighted by Crippen LogP contribution is -2.37. The van der Waals surface area contributed by atoms with Gasteiger partial charge in [-0.05, 0) is 36.5 Å². The molecule has 0 saturated heterocycles. The molecule has 1 atom stereocenters. The number of rotatable bonds is 3. The van der Waals surface area contributed by atoms with E-state index in [1.807, 2.05) is 12.1 Å². The molecule has 5 heteroatoms. The van der Waals surface area contributed by atoms with E-state index >= 15 is 0 Å². The summed E-state index contributed by atoms with van der Waals surface area (Å²) in [5.74, 6) is 3.22. The average Bonchev–Trinajstić information content (AvgIpc) is 2.34. The lowest BCUT2D eigenvalue weighted by molar-refractivity contribution is -0.0497. The highest BCUT2D eigenvalue weighted by Gasteiger charge is 2.37. The molecule has 0 aliphatic heterocycles. The monoisotopic (exact) mass is 274 g/mol. The normalized spacial score (nSPS) is 21.8. The van der Waals surface area contributed by atoms with Crippen LogP contribution < -0.4 is 11.3 Å². The van der Waals surface area contributed by atoms with Crippen LogP contribution in [-0.4, -0.2) is 5.92 Å². The smallest absolute Gasteiger partial charge is 0.248 e. The average molecular weight is 275 g/mol. The van der Waals surface area contributed by atoms with E-state index in [2.05, 4.69) is 5.43 Å². The van der Waals surface area contributed by atoms with Gasteiger partial charge in [-0.3, -0.25) is 11.3 Å². The van der Waals surface area contributed by atoms with Crippen LogP contribution in [-0.2, 0) is 0 Å². The molecule has 0 aromatic heterocycles. The lowest BCUT2D eigenvalue weighted by atomic mass is 9.80. The van der Waals surface area contributed by atoms with Gasteiger partial charge in [-0.1, -0.05) is 23.7 Å². The Morgan fingerprint density at radius 3 is 2.28 bits per heavy atom. The summed E-state index contributed by atoms with van der Waals surface area (Å²) in [7, 11) is 0. The first-order valence-corrected chi connectivity index (χ1v) is 6.49. The second-order valence-corrected chi connectivity index (χ2v) is 5.33. The van der Waals surface area contributed by atoms with Crippen molar-refractivity contribution in [3.05, 3.63) is 34.9 Å². The molecular formula is C13H17ClF2N2. The summed E-state index contributed by atoms with van der Waals surface area (Å²) in [5.41, 5.74) is 3.74. The first-order valence-electron chi connectivity index (χ1n) is 6.11. The number of alkyl halides is 2. The summed E-state index contributed by atoms with van der Waals surface area (Å²) < 4.78 is 26.3. The van der Waals surface area contributed by atoms with Crippen molar-refractivity contribution in [3.63, 3.8) is 0 Å². The highest BCUT2D eigenvalue weighted by Crippen LogP contribution is 2.41. The number of halogens is 3. The number of nitrogens with two attached hydrogens (primary N) is 1. The van der Waals surface area contributed by atoms with Crippen molar-refractivity contribution in [2.24, 2.45) is 11.8 Å². The van der Waals surface area contributed by atoms with Gasteiger partial charge in [0.1, 0.15) is 0 Å². The van der Waals surface area contributed by atoms with Crippen LogP contribution in [0.15, 0.2) is 24.3 Å². The van der Waals surface area contributed by atoms with Gasteiger partial charge in [0, 0.05) is 23.9 Å². The Morgan fingerprint density at radius 1 is 1.22 bits per heavy atom. The lowest BCUT2D eigenvalue weighted by Gasteiger charge is -2.33. The number of hydrogen-bond donors (Lipinski definition) is 2. The Hall–Kier alpha value is -0.710. The van der Waals surface area contributed by atoms with Gasteiger partial charge in [0.2, 0.25) is 5.92 Å². The molecule has 100 valence electrons. The molecule has 0 amide bonds. The van der Waals surface area contributed by atoms with Crippen LogP contribution in [0.4, 0.5) is 8.78 Å². The second-order valence-electron chi connectivity index (χ2n) is 4.89. The van der Waals surface area contributed by atoms with Gasteiger partial charge >= 0.3 is 0 Å². The molecule has 0 radical (unpaired) electrons. The molecule has 0 heterocycles. The fourth-order valence-electron chi connectivity index (χ4n) is 2.57. The van der Waals surface area contributed by atoms with Gasteiger partial charge in [0.05, 0.1) is 0 Å². The minimum absolute atomic E-state index is 0.0521. The molecule has 1 aliphatic carbocycles. The van der Waals surface area contributed by atoms with Crippen LogP contribution in [0.2, 0.25) is 5.02 Å². The minimum Gasteiger partial charge on any atom is -0.271 e. The van der Waals surface area contributed by atoms with Crippen LogP contribution in [0.1, 0.15) is 37.3 Å². The van der Waals surface area contributed by atoms with Gasteiger partial charge in [0.15, 0.2) is 0 Å². The van der Waals surface area contributed by atoms with E-state index in [0.29, 0.717) is 17.9 Å². The largest absolute Gasteiger partial charge is 0.271 e. The predicted molar refractivity (Wildman–Crippen MR) is 68.4 cm³/mol. The zero-order chi connectivity index (χ0) is 13.2. The zero-order valence-corrected chi connectivity index (χ0v) is 10.8. The van der Waals surface area contributed by atoms with Crippen LogP contribution in [0.25, 0.3) is 0 Å². The Bertz CT molecular complexity index is 384. The van der Waals surface area contributed by atoms with E-state index in [9.17, 15) is 8.78 Å². The van der Waals surface area contributed by atoms with E-state index < -0.39 is 5.92 Å².